The lowest BCUT2D eigenvalue weighted by atomic mass is 10.1. The van der Waals surface area contributed by atoms with Crippen molar-refractivity contribution in [2.75, 3.05) is 24.1 Å². The van der Waals surface area contributed by atoms with E-state index >= 15 is 0 Å². The van der Waals surface area contributed by atoms with Crippen LogP contribution in [0.5, 0.6) is 0 Å². The topological polar surface area (TPSA) is 104 Å². The molecule has 18 heavy (non-hydrogen) atoms. The number of nitrogens with two attached hydrogens (primary N) is 1. The van der Waals surface area contributed by atoms with E-state index in [9.17, 15) is 9.59 Å². The molecule has 1 rings (SSSR count). The van der Waals surface area contributed by atoms with Gasteiger partial charge >= 0.3 is 5.97 Å². The lowest BCUT2D eigenvalue weighted by Gasteiger charge is -2.10. The second-order valence-electron chi connectivity index (χ2n) is 3.74. The molecule has 0 radical (unpaired) electrons. The highest BCUT2D eigenvalue weighted by atomic mass is 16.4. The summed E-state index contributed by atoms with van der Waals surface area (Å²) in [6.45, 7) is 2.84. The van der Waals surface area contributed by atoms with Crippen molar-refractivity contribution in [3.63, 3.8) is 0 Å². The number of nitrogens with one attached hydrogen (secondary N) is 2. The van der Waals surface area contributed by atoms with Gasteiger partial charge in [-0.1, -0.05) is 0 Å². The Morgan fingerprint density at radius 3 is 2.72 bits per heavy atom. The fourth-order valence-electron chi connectivity index (χ4n) is 1.44. The lowest BCUT2D eigenvalue weighted by molar-refractivity contribution is -0.120. The van der Waals surface area contributed by atoms with Crippen LogP contribution in [-0.4, -0.2) is 30.1 Å². The molecular weight excluding hydrogens is 234 g/mol. The first kappa shape index (κ1) is 13.8. The minimum Gasteiger partial charge on any atom is -0.478 e. The van der Waals surface area contributed by atoms with Crippen molar-refractivity contribution in [3.05, 3.63) is 23.8 Å². The molecule has 1 aromatic carbocycles. The van der Waals surface area contributed by atoms with Crippen molar-refractivity contribution >= 4 is 23.3 Å². The Labute approximate surface area is 105 Å². The first-order chi connectivity index (χ1) is 8.54. The van der Waals surface area contributed by atoms with Gasteiger partial charge < -0.3 is 21.5 Å². The van der Waals surface area contributed by atoms with Crippen LogP contribution >= 0.6 is 0 Å². The molecular formula is C12H17N3O3. The number of hydrogen-bond donors (Lipinski definition) is 4. The number of carboxylic acid groups (broad SMARTS) is 1. The maximum Gasteiger partial charge on any atom is 0.335 e. The first-order valence-corrected chi connectivity index (χ1v) is 5.68. The molecule has 0 aliphatic carbocycles. The van der Waals surface area contributed by atoms with Crippen molar-refractivity contribution in [1.82, 2.24) is 5.32 Å². The minimum atomic E-state index is -1.01. The third kappa shape index (κ3) is 3.97. The molecule has 5 N–H and O–H groups in total. The predicted octanol–water partition coefficient (Wildman–Crippen LogP) is 0.905. The van der Waals surface area contributed by atoms with Gasteiger partial charge in [0.05, 0.1) is 16.9 Å². The van der Waals surface area contributed by atoms with Crippen molar-refractivity contribution < 1.29 is 14.7 Å². The van der Waals surface area contributed by atoms with E-state index in [1.165, 1.54) is 18.2 Å². The van der Waals surface area contributed by atoms with Crippen LogP contribution in [0.3, 0.4) is 0 Å². The third-order valence-electron chi connectivity index (χ3n) is 2.34. The van der Waals surface area contributed by atoms with Crippen LogP contribution in [0.1, 0.15) is 23.7 Å². The van der Waals surface area contributed by atoms with Crippen LogP contribution in [0.4, 0.5) is 11.4 Å². The Morgan fingerprint density at radius 1 is 1.39 bits per heavy atom. The van der Waals surface area contributed by atoms with Gasteiger partial charge in [0.1, 0.15) is 0 Å². The van der Waals surface area contributed by atoms with Gasteiger partial charge in [-0.15, -0.1) is 0 Å². The van der Waals surface area contributed by atoms with Gasteiger partial charge in [-0.25, -0.2) is 4.79 Å². The summed E-state index contributed by atoms with van der Waals surface area (Å²) in [5, 5.41) is 14.5. The van der Waals surface area contributed by atoms with Gasteiger partial charge in [-0.05, 0) is 25.1 Å². The standard InChI is InChI=1S/C12H17N3O3/c1-2-14-11(16)5-6-15-10-7-8(12(17)18)3-4-9(10)13/h3-4,7,15H,2,5-6,13H2,1H3,(H,14,16)(H,17,18). The zero-order chi connectivity index (χ0) is 13.5. The van der Waals surface area contributed by atoms with Crippen molar-refractivity contribution in [2.24, 2.45) is 0 Å². The summed E-state index contributed by atoms with van der Waals surface area (Å²) in [5.41, 5.74) is 6.85. The fourth-order valence-corrected chi connectivity index (χ4v) is 1.44. The molecule has 0 heterocycles. The molecule has 0 fully saturated rings. The van der Waals surface area contributed by atoms with Crippen LogP contribution in [0.2, 0.25) is 0 Å². The van der Waals surface area contributed by atoms with Crippen LogP contribution in [-0.2, 0) is 4.79 Å². The molecule has 1 aromatic rings. The Bertz CT molecular complexity index is 446. The van der Waals surface area contributed by atoms with E-state index in [0.717, 1.165) is 0 Å². The normalized spacial score (nSPS) is 9.83. The van der Waals surface area contributed by atoms with E-state index in [4.69, 9.17) is 10.8 Å². The maximum absolute atomic E-state index is 11.2. The van der Waals surface area contributed by atoms with E-state index < -0.39 is 5.97 Å². The molecule has 98 valence electrons. The first-order valence-electron chi connectivity index (χ1n) is 5.68. The molecule has 1 amide bonds. The quantitative estimate of drug-likeness (QED) is 0.562. The maximum atomic E-state index is 11.2. The molecule has 0 spiro atoms. The number of carbonyl (C=O) groups is 2. The average Bonchev–Trinajstić information content (AvgIpc) is 2.31. The largest absolute Gasteiger partial charge is 0.478 e. The number of anilines is 2. The molecule has 0 bridgehead atoms. The number of nitrogen functional groups attached to an aromatic ring is 1. The average molecular weight is 251 g/mol. The number of hydrogen-bond acceptors (Lipinski definition) is 4. The molecule has 6 nitrogen and oxygen atoms in total. The van der Waals surface area contributed by atoms with Crippen LogP contribution in [0.25, 0.3) is 0 Å². The Morgan fingerprint density at radius 2 is 2.11 bits per heavy atom. The summed E-state index contributed by atoms with van der Waals surface area (Å²) in [5.74, 6) is -1.07. The number of amides is 1. The van der Waals surface area contributed by atoms with Crippen molar-refractivity contribution in [3.8, 4) is 0 Å². The van der Waals surface area contributed by atoms with E-state index in [-0.39, 0.29) is 11.5 Å². The molecule has 6 heteroatoms. The zero-order valence-electron chi connectivity index (χ0n) is 10.2. The minimum absolute atomic E-state index is 0.0574. The van der Waals surface area contributed by atoms with E-state index in [0.29, 0.717) is 30.9 Å². The molecule has 0 aromatic heterocycles. The van der Waals surface area contributed by atoms with Gasteiger partial charge in [-0.3, -0.25) is 4.79 Å². The number of carboxylic acids is 1. The molecule has 0 aliphatic heterocycles. The highest BCUT2D eigenvalue weighted by molar-refractivity contribution is 5.90. The van der Waals surface area contributed by atoms with E-state index in [2.05, 4.69) is 10.6 Å². The summed E-state index contributed by atoms with van der Waals surface area (Å²) < 4.78 is 0. The lowest BCUT2D eigenvalue weighted by Crippen LogP contribution is -2.24. The summed E-state index contributed by atoms with van der Waals surface area (Å²) in [6.07, 6.45) is 0.310. The summed E-state index contributed by atoms with van der Waals surface area (Å²) in [4.78, 5) is 22.0. The summed E-state index contributed by atoms with van der Waals surface area (Å²) >= 11 is 0. The summed E-state index contributed by atoms with van der Waals surface area (Å²) in [6, 6.07) is 4.42. The smallest absolute Gasteiger partial charge is 0.335 e. The van der Waals surface area contributed by atoms with Gasteiger partial charge in [0.2, 0.25) is 5.91 Å². The SMILES string of the molecule is CCNC(=O)CCNc1cc(C(=O)O)ccc1N. The summed E-state index contributed by atoms with van der Waals surface area (Å²) in [7, 11) is 0. The monoisotopic (exact) mass is 251 g/mol. The molecule has 0 unspecified atom stereocenters. The van der Waals surface area contributed by atoms with E-state index in [1.807, 2.05) is 6.92 Å². The van der Waals surface area contributed by atoms with E-state index in [1.54, 1.807) is 0 Å². The molecule has 0 atom stereocenters. The number of benzene rings is 1. The highest BCUT2D eigenvalue weighted by Crippen LogP contribution is 2.19. The van der Waals surface area contributed by atoms with Gasteiger partial charge in [0.15, 0.2) is 0 Å². The van der Waals surface area contributed by atoms with Gasteiger partial charge in [0.25, 0.3) is 0 Å². The van der Waals surface area contributed by atoms with Crippen LogP contribution < -0.4 is 16.4 Å². The highest BCUT2D eigenvalue weighted by Gasteiger charge is 2.07. The van der Waals surface area contributed by atoms with Crippen molar-refractivity contribution in [2.45, 2.75) is 13.3 Å². The second kappa shape index (κ2) is 6.48. The number of aromatic carboxylic acids is 1. The second-order valence-corrected chi connectivity index (χ2v) is 3.74. The van der Waals surface area contributed by atoms with Crippen LogP contribution in [0, 0.1) is 0 Å². The van der Waals surface area contributed by atoms with Crippen molar-refractivity contribution in [1.29, 1.82) is 0 Å². The number of rotatable bonds is 6. The molecule has 0 saturated carbocycles. The van der Waals surface area contributed by atoms with Crippen LogP contribution in [0.15, 0.2) is 18.2 Å². The Hall–Kier alpha value is -2.24. The molecule has 0 aliphatic rings. The predicted molar refractivity (Wildman–Crippen MR) is 69.6 cm³/mol. The Kier molecular flexibility index (Phi) is 4.98. The third-order valence-corrected chi connectivity index (χ3v) is 2.34. The Balaban J connectivity index is 2.58. The molecule has 0 saturated heterocycles. The van der Waals surface area contributed by atoms with Gasteiger partial charge in [-0.2, -0.15) is 0 Å². The zero-order valence-corrected chi connectivity index (χ0v) is 10.2. The van der Waals surface area contributed by atoms with Gasteiger partial charge in [0, 0.05) is 19.5 Å². The number of carbonyl (C=O) groups excluding carboxylic acids is 1. The fraction of sp³-hybridized carbons (Fsp3) is 0.333.